The maximum atomic E-state index is 12.6. The number of rotatable bonds is 5. The standard InChI is InChI=1S/C21H25N5O2/c1-14-6-5-9-17-20(14)22-13-26(21(17)28)12-19(27)23-18-11-16(24-25-18)10-15-7-3-2-4-8-15/h5-6,9,11,13,15H,2-4,7-8,10,12H2,1H3,(H2,23,24,25,27). The van der Waals surface area contributed by atoms with Gasteiger partial charge >= 0.3 is 0 Å². The third kappa shape index (κ3) is 3.98. The van der Waals surface area contributed by atoms with E-state index in [-0.39, 0.29) is 18.0 Å². The van der Waals surface area contributed by atoms with E-state index in [1.165, 1.54) is 43.0 Å². The SMILES string of the molecule is Cc1cccc2c(=O)n(CC(=O)Nc3cc(CC4CCCCC4)[nH]n3)cnc12. The fraction of sp³-hybridized carbons (Fsp3) is 0.429. The molecule has 1 fully saturated rings. The predicted molar refractivity (Wildman–Crippen MR) is 108 cm³/mol. The van der Waals surface area contributed by atoms with Gasteiger partial charge in [-0.05, 0) is 30.9 Å². The van der Waals surface area contributed by atoms with Gasteiger partial charge in [0.1, 0.15) is 6.54 Å². The summed E-state index contributed by atoms with van der Waals surface area (Å²) < 4.78 is 1.33. The van der Waals surface area contributed by atoms with Gasteiger partial charge in [-0.3, -0.25) is 19.3 Å². The van der Waals surface area contributed by atoms with Crippen LogP contribution in [0.15, 0.2) is 35.4 Å². The van der Waals surface area contributed by atoms with Gasteiger partial charge in [-0.25, -0.2) is 4.98 Å². The summed E-state index contributed by atoms with van der Waals surface area (Å²) in [7, 11) is 0. The molecule has 2 heterocycles. The van der Waals surface area contributed by atoms with Gasteiger partial charge in [-0.2, -0.15) is 5.10 Å². The van der Waals surface area contributed by atoms with E-state index in [2.05, 4.69) is 20.5 Å². The largest absolute Gasteiger partial charge is 0.308 e. The van der Waals surface area contributed by atoms with Crippen molar-refractivity contribution in [1.82, 2.24) is 19.7 Å². The Hall–Kier alpha value is -2.96. The molecule has 3 aromatic rings. The smallest absolute Gasteiger partial charge is 0.261 e. The number of hydrogen-bond donors (Lipinski definition) is 2. The fourth-order valence-corrected chi connectivity index (χ4v) is 4.02. The number of anilines is 1. The van der Waals surface area contributed by atoms with Gasteiger partial charge in [0.15, 0.2) is 5.82 Å². The van der Waals surface area contributed by atoms with Gasteiger partial charge in [-0.1, -0.05) is 44.2 Å². The number of para-hydroxylation sites is 1. The van der Waals surface area contributed by atoms with Crippen LogP contribution in [-0.4, -0.2) is 25.7 Å². The molecule has 0 saturated heterocycles. The van der Waals surface area contributed by atoms with Gasteiger partial charge < -0.3 is 5.32 Å². The fourth-order valence-electron chi connectivity index (χ4n) is 4.02. The molecule has 2 N–H and O–H groups in total. The Bertz CT molecular complexity index is 1050. The summed E-state index contributed by atoms with van der Waals surface area (Å²) in [6.45, 7) is 1.81. The second-order valence-corrected chi connectivity index (χ2v) is 7.68. The number of aromatic nitrogens is 4. The number of aryl methyl sites for hydroxylation is 1. The molecule has 0 atom stereocenters. The number of nitrogens with one attached hydrogen (secondary N) is 2. The van der Waals surface area contributed by atoms with Crippen molar-refractivity contribution < 1.29 is 4.79 Å². The quantitative estimate of drug-likeness (QED) is 0.712. The highest BCUT2D eigenvalue weighted by molar-refractivity contribution is 5.90. The first-order valence-electron chi connectivity index (χ1n) is 9.89. The molecule has 1 saturated carbocycles. The number of H-pyrrole nitrogens is 1. The van der Waals surface area contributed by atoms with Crippen LogP contribution in [-0.2, 0) is 17.8 Å². The molecular formula is C21H25N5O2. The Labute approximate surface area is 163 Å². The lowest BCUT2D eigenvalue weighted by atomic mass is 9.86. The molecule has 1 amide bonds. The van der Waals surface area contributed by atoms with Crippen molar-refractivity contribution >= 4 is 22.6 Å². The van der Waals surface area contributed by atoms with Crippen LogP contribution in [0.25, 0.3) is 10.9 Å². The monoisotopic (exact) mass is 379 g/mol. The molecule has 146 valence electrons. The Kier molecular flexibility index (Phi) is 5.23. The van der Waals surface area contributed by atoms with Gasteiger partial charge in [0.05, 0.1) is 17.2 Å². The lowest BCUT2D eigenvalue weighted by Gasteiger charge is -2.20. The highest BCUT2D eigenvalue weighted by Crippen LogP contribution is 2.26. The predicted octanol–water partition coefficient (Wildman–Crippen LogP) is 3.19. The van der Waals surface area contributed by atoms with Gasteiger partial charge in [0.25, 0.3) is 5.56 Å². The molecule has 4 rings (SSSR count). The molecule has 7 heteroatoms. The number of fused-ring (bicyclic) bond motifs is 1. The van der Waals surface area contributed by atoms with E-state index in [9.17, 15) is 9.59 Å². The van der Waals surface area contributed by atoms with Crippen molar-refractivity contribution in [2.24, 2.45) is 5.92 Å². The third-order valence-corrected chi connectivity index (χ3v) is 5.50. The Morgan fingerprint density at radius 3 is 2.93 bits per heavy atom. The summed E-state index contributed by atoms with van der Waals surface area (Å²) in [6, 6.07) is 7.35. The second-order valence-electron chi connectivity index (χ2n) is 7.68. The van der Waals surface area contributed by atoms with Crippen LogP contribution in [0.2, 0.25) is 0 Å². The van der Waals surface area contributed by atoms with Crippen LogP contribution in [0.4, 0.5) is 5.82 Å². The van der Waals surface area contributed by atoms with Crippen molar-refractivity contribution in [2.75, 3.05) is 5.32 Å². The number of aromatic amines is 1. The molecule has 1 aromatic carbocycles. The highest BCUT2D eigenvalue weighted by Gasteiger charge is 2.16. The highest BCUT2D eigenvalue weighted by atomic mass is 16.2. The average Bonchev–Trinajstić information content (AvgIpc) is 3.12. The molecule has 0 spiro atoms. The van der Waals surface area contributed by atoms with Gasteiger partial charge in [0.2, 0.25) is 5.91 Å². The number of carbonyl (C=O) groups is 1. The zero-order valence-corrected chi connectivity index (χ0v) is 16.1. The van der Waals surface area contributed by atoms with Crippen LogP contribution >= 0.6 is 0 Å². The number of amides is 1. The molecular weight excluding hydrogens is 354 g/mol. The first-order valence-corrected chi connectivity index (χ1v) is 9.89. The summed E-state index contributed by atoms with van der Waals surface area (Å²) >= 11 is 0. The molecule has 1 aliphatic rings. The molecule has 0 aliphatic heterocycles. The maximum absolute atomic E-state index is 12.6. The minimum atomic E-state index is -0.299. The van der Waals surface area contributed by atoms with E-state index >= 15 is 0 Å². The van der Waals surface area contributed by atoms with Crippen molar-refractivity contribution in [3.63, 3.8) is 0 Å². The van der Waals surface area contributed by atoms with E-state index in [0.29, 0.717) is 22.6 Å². The van der Waals surface area contributed by atoms with Crippen molar-refractivity contribution in [3.05, 3.63) is 52.2 Å². The first kappa shape index (κ1) is 18.4. The van der Waals surface area contributed by atoms with Crippen LogP contribution < -0.4 is 10.9 Å². The Balaban J connectivity index is 1.41. The summed E-state index contributed by atoms with van der Waals surface area (Å²) in [6.07, 6.45) is 8.86. The minimum Gasteiger partial charge on any atom is -0.308 e. The number of carbonyl (C=O) groups excluding carboxylic acids is 1. The maximum Gasteiger partial charge on any atom is 0.261 e. The molecule has 0 radical (unpaired) electrons. The zero-order chi connectivity index (χ0) is 19.5. The third-order valence-electron chi connectivity index (χ3n) is 5.50. The van der Waals surface area contributed by atoms with E-state index < -0.39 is 0 Å². The topological polar surface area (TPSA) is 92.7 Å². The average molecular weight is 379 g/mol. The number of hydrogen-bond acceptors (Lipinski definition) is 4. The molecule has 1 aliphatic carbocycles. The molecule has 0 bridgehead atoms. The lowest BCUT2D eigenvalue weighted by molar-refractivity contribution is -0.116. The molecule has 0 unspecified atom stereocenters. The Morgan fingerprint density at radius 2 is 2.11 bits per heavy atom. The Morgan fingerprint density at radius 1 is 1.29 bits per heavy atom. The van der Waals surface area contributed by atoms with E-state index in [1.807, 2.05) is 25.1 Å². The van der Waals surface area contributed by atoms with Gasteiger partial charge in [0, 0.05) is 11.8 Å². The molecule has 7 nitrogen and oxygen atoms in total. The van der Waals surface area contributed by atoms with Crippen LogP contribution in [0.5, 0.6) is 0 Å². The van der Waals surface area contributed by atoms with Crippen molar-refractivity contribution in [1.29, 1.82) is 0 Å². The minimum absolute atomic E-state index is 0.0967. The summed E-state index contributed by atoms with van der Waals surface area (Å²) in [5.41, 5.74) is 2.43. The zero-order valence-electron chi connectivity index (χ0n) is 16.1. The molecule has 2 aromatic heterocycles. The van der Waals surface area contributed by atoms with E-state index in [4.69, 9.17) is 0 Å². The normalized spacial score (nSPS) is 15.0. The van der Waals surface area contributed by atoms with E-state index in [0.717, 1.165) is 17.7 Å². The first-order chi connectivity index (χ1) is 13.6. The summed E-state index contributed by atoms with van der Waals surface area (Å²) in [4.78, 5) is 29.3. The van der Waals surface area contributed by atoms with Crippen LogP contribution in [0.3, 0.4) is 0 Å². The van der Waals surface area contributed by atoms with E-state index in [1.54, 1.807) is 6.07 Å². The summed E-state index contributed by atoms with van der Waals surface area (Å²) in [5.74, 6) is 0.892. The van der Waals surface area contributed by atoms with Crippen LogP contribution in [0.1, 0.15) is 43.4 Å². The molecule has 28 heavy (non-hydrogen) atoms. The van der Waals surface area contributed by atoms with Crippen molar-refractivity contribution in [3.8, 4) is 0 Å². The lowest BCUT2D eigenvalue weighted by Crippen LogP contribution is -2.28. The van der Waals surface area contributed by atoms with Crippen molar-refractivity contribution in [2.45, 2.75) is 52.0 Å². The van der Waals surface area contributed by atoms with Crippen LogP contribution in [0, 0.1) is 12.8 Å². The van der Waals surface area contributed by atoms with Gasteiger partial charge in [-0.15, -0.1) is 0 Å². The number of nitrogens with zero attached hydrogens (tertiary/aromatic N) is 3. The second kappa shape index (κ2) is 7.96. The number of benzene rings is 1. The summed E-state index contributed by atoms with van der Waals surface area (Å²) in [5, 5.41) is 10.5.